The molecule has 0 unspecified atom stereocenters. The molecule has 1 heterocycles. The molecule has 0 atom stereocenters. The van der Waals surface area contributed by atoms with E-state index in [1.165, 1.54) is 26.4 Å². The van der Waals surface area contributed by atoms with Crippen molar-refractivity contribution >= 4 is 28.4 Å². The summed E-state index contributed by atoms with van der Waals surface area (Å²) < 4.78 is 29.6. The van der Waals surface area contributed by atoms with Crippen molar-refractivity contribution in [3.63, 3.8) is 0 Å². The van der Waals surface area contributed by atoms with Gasteiger partial charge in [0.15, 0.2) is 11.6 Å². The largest absolute Gasteiger partial charge is 0.496 e. The first-order chi connectivity index (χ1) is 19.3. The van der Waals surface area contributed by atoms with Crippen molar-refractivity contribution in [3.8, 4) is 17.2 Å². The Hall–Kier alpha value is -4.59. The average molecular weight is 542 g/mol. The van der Waals surface area contributed by atoms with E-state index in [4.69, 9.17) is 14.2 Å². The first kappa shape index (κ1) is 27.0. The Morgan fingerprint density at radius 3 is 2.02 bits per heavy atom. The van der Waals surface area contributed by atoms with Crippen LogP contribution in [0.4, 0.5) is 4.39 Å². The lowest BCUT2D eigenvalue weighted by atomic mass is 9.88. The fourth-order valence-electron chi connectivity index (χ4n) is 4.79. The number of aromatic nitrogens is 1. The van der Waals surface area contributed by atoms with Gasteiger partial charge >= 0.3 is 5.97 Å². The smallest absolute Gasteiger partial charge is 0.310 e. The third-order valence-electron chi connectivity index (χ3n) is 7.28. The molecule has 3 aromatic carbocycles. The van der Waals surface area contributed by atoms with E-state index in [0.29, 0.717) is 52.1 Å². The first-order valence-corrected chi connectivity index (χ1v) is 12.9. The van der Waals surface area contributed by atoms with Crippen LogP contribution >= 0.6 is 0 Å². The van der Waals surface area contributed by atoms with Gasteiger partial charge in [0.25, 0.3) is 0 Å². The van der Waals surface area contributed by atoms with Gasteiger partial charge in [-0.25, -0.2) is 4.39 Å². The molecule has 1 saturated carbocycles. The summed E-state index contributed by atoms with van der Waals surface area (Å²) in [5.74, 6) is 0.674. The van der Waals surface area contributed by atoms with Gasteiger partial charge in [0.2, 0.25) is 0 Å². The topological polar surface area (TPSA) is 91.8 Å². The van der Waals surface area contributed by atoms with Crippen molar-refractivity contribution in [2.45, 2.75) is 32.1 Å². The van der Waals surface area contributed by atoms with E-state index in [0.717, 1.165) is 5.56 Å². The van der Waals surface area contributed by atoms with Crippen LogP contribution in [0.15, 0.2) is 72.9 Å². The summed E-state index contributed by atoms with van der Waals surface area (Å²) in [6.45, 7) is 0. The predicted molar refractivity (Wildman–Crippen MR) is 146 cm³/mol. The van der Waals surface area contributed by atoms with Gasteiger partial charge in [0, 0.05) is 36.1 Å². The van der Waals surface area contributed by atoms with E-state index in [9.17, 15) is 18.8 Å². The Balaban J connectivity index is 1.28. The molecule has 0 amide bonds. The van der Waals surface area contributed by atoms with Gasteiger partial charge < -0.3 is 14.2 Å². The minimum absolute atomic E-state index is 0.0422. The summed E-state index contributed by atoms with van der Waals surface area (Å²) in [6, 6.07) is 18.2. The number of esters is 1. The zero-order chi connectivity index (χ0) is 28.3. The SMILES string of the molecule is COC(=O)Cc1cc2c(Oc3ccc(CC(=O)C4(C(=O)Cc5ccc(F)cc5)CC4)cc3)ccnc2cc1OC. The van der Waals surface area contributed by atoms with Crippen LogP contribution in [0.1, 0.15) is 29.5 Å². The average Bonchev–Trinajstić information content (AvgIpc) is 3.78. The van der Waals surface area contributed by atoms with Crippen molar-refractivity contribution in [2.75, 3.05) is 14.2 Å². The van der Waals surface area contributed by atoms with Gasteiger partial charge in [-0.15, -0.1) is 0 Å². The number of halogens is 1. The molecule has 5 rings (SSSR count). The number of carbonyl (C=O) groups excluding carboxylic acids is 3. The molecule has 204 valence electrons. The number of pyridine rings is 1. The molecule has 0 radical (unpaired) electrons. The molecule has 1 aliphatic rings. The van der Waals surface area contributed by atoms with Crippen molar-refractivity contribution in [3.05, 3.63) is 95.4 Å². The van der Waals surface area contributed by atoms with E-state index in [-0.39, 0.29) is 42.6 Å². The summed E-state index contributed by atoms with van der Waals surface area (Å²) >= 11 is 0. The van der Waals surface area contributed by atoms with Gasteiger partial charge in [-0.3, -0.25) is 19.4 Å². The number of ketones is 2. The fraction of sp³-hybridized carbons (Fsp3) is 0.250. The number of rotatable bonds is 11. The Kier molecular flexibility index (Phi) is 7.60. The highest BCUT2D eigenvalue weighted by molar-refractivity contribution is 6.11. The normalized spacial score (nSPS) is 13.5. The Labute approximate surface area is 230 Å². The van der Waals surface area contributed by atoms with E-state index in [1.807, 2.05) is 12.1 Å². The number of fused-ring (bicyclic) bond motifs is 1. The number of hydrogen-bond acceptors (Lipinski definition) is 7. The van der Waals surface area contributed by atoms with Crippen LogP contribution < -0.4 is 9.47 Å². The molecule has 7 nitrogen and oxygen atoms in total. The van der Waals surface area contributed by atoms with Gasteiger partial charge in [0.1, 0.15) is 23.1 Å². The molecule has 1 aromatic heterocycles. The molecule has 8 heteroatoms. The molecular weight excluding hydrogens is 513 g/mol. The van der Waals surface area contributed by atoms with Gasteiger partial charge in [-0.05, 0) is 60.4 Å². The molecule has 0 bridgehead atoms. The minimum atomic E-state index is -0.942. The van der Waals surface area contributed by atoms with Crippen LogP contribution in [0, 0.1) is 11.2 Å². The second-order valence-electron chi connectivity index (χ2n) is 9.90. The van der Waals surface area contributed by atoms with Crippen LogP contribution in [0.5, 0.6) is 17.2 Å². The zero-order valence-corrected chi connectivity index (χ0v) is 22.2. The summed E-state index contributed by atoms with van der Waals surface area (Å²) in [4.78, 5) is 42.4. The Morgan fingerprint density at radius 2 is 1.45 bits per heavy atom. The second-order valence-corrected chi connectivity index (χ2v) is 9.90. The van der Waals surface area contributed by atoms with Crippen molar-refractivity contribution < 1.29 is 33.0 Å². The lowest BCUT2D eigenvalue weighted by Gasteiger charge is -2.14. The zero-order valence-electron chi connectivity index (χ0n) is 22.2. The fourth-order valence-corrected chi connectivity index (χ4v) is 4.79. The number of carbonyl (C=O) groups is 3. The van der Waals surface area contributed by atoms with Crippen molar-refractivity contribution in [1.29, 1.82) is 0 Å². The van der Waals surface area contributed by atoms with E-state index < -0.39 is 5.41 Å². The van der Waals surface area contributed by atoms with Gasteiger partial charge in [-0.1, -0.05) is 24.3 Å². The monoisotopic (exact) mass is 541 g/mol. The third kappa shape index (κ3) is 5.71. The molecule has 0 spiro atoms. The molecule has 0 saturated heterocycles. The highest BCUT2D eigenvalue weighted by Crippen LogP contribution is 2.49. The summed E-state index contributed by atoms with van der Waals surface area (Å²) in [7, 11) is 2.86. The Morgan fingerprint density at radius 1 is 0.825 bits per heavy atom. The number of methoxy groups -OCH3 is 2. The predicted octanol–water partition coefficient (Wildman–Crippen LogP) is 5.59. The number of ether oxygens (including phenoxy) is 3. The number of Topliss-reactive ketones (excluding diaryl/α,β-unsaturated/α-hetero) is 2. The molecule has 0 N–H and O–H groups in total. The third-order valence-corrected chi connectivity index (χ3v) is 7.28. The van der Waals surface area contributed by atoms with E-state index >= 15 is 0 Å². The van der Waals surface area contributed by atoms with Gasteiger partial charge in [0.05, 0.1) is 31.6 Å². The minimum Gasteiger partial charge on any atom is -0.496 e. The molecule has 4 aromatic rings. The maximum atomic E-state index is 13.2. The van der Waals surface area contributed by atoms with Crippen molar-refractivity contribution in [2.24, 2.45) is 5.41 Å². The Bertz CT molecular complexity index is 1580. The number of hydrogen-bond donors (Lipinski definition) is 0. The molecule has 1 fully saturated rings. The van der Waals surface area contributed by atoms with Crippen LogP contribution in [-0.2, 0) is 38.4 Å². The van der Waals surface area contributed by atoms with Crippen LogP contribution in [0.25, 0.3) is 10.9 Å². The second kappa shape index (κ2) is 11.3. The van der Waals surface area contributed by atoms with Crippen LogP contribution in [0.2, 0.25) is 0 Å². The molecule has 40 heavy (non-hydrogen) atoms. The molecule has 1 aliphatic carbocycles. The quantitative estimate of drug-likeness (QED) is 0.180. The summed E-state index contributed by atoms with van der Waals surface area (Å²) in [6.07, 6.45) is 3.02. The van der Waals surface area contributed by atoms with E-state index in [2.05, 4.69) is 4.98 Å². The number of nitrogens with zero attached hydrogens (tertiary/aromatic N) is 1. The van der Waals surface area contributed by atoms with Gasteiger partial charge in [-0.2, -0.15) is 0 Å². The van der Waals surface area contributed by atoms with E-state index in [1.54, 1.807) is 48.7 Å². The molecule has 0 aliphatic heterocycles. The molecular formula is C32H28FNO6. The highest BCUT2D eigenvalue weighted by Gasteiger charge is 2.54. The maximum Gasteiger partial charge on any atom is 0.310 e. The maximum absolute atomic E-state index is 13.2. The number of benzene rings is 3. The highest BCUT2D eigenvalue weighted by atomic mass is 19.1. The standard InChI is InChI=1S/C32H28FNO6/c1-38-28-19-26-25(17-22(28)18-31(37)39-2)27(11-14-34-26)40-24-9-5-21(6-10-24)16-30(36)32(12-13-32)29(35)15-20-3-7-23(33)8-4-20/h3-11,14,17,19H,12-13,15-16,18H2,1-2H3. The lowest BCUT2D eigenvalue weighted by molar-refractivity contribution is -0.140. The summed E-state index contributed by atoms with van der Waals surface area (Å²) in [5, 5.41) is 0.705. The lowest BCUT2D eigenvalue weighted by Crippen LogP contribution is -2.28. The van der Waals surface area contributed by atoms with Crippen LogP contribution in [0.3, 0.4) is 0 Å². The van der Waals surface area contributed by atoms with Crippen LogP contribution in [-0.4, -0.2) is 36.7 Å². The first-order valence-electron chi connectivity index (χ1n) is 12.9. The summed E-state index contributed by atoms with van der Waals surface area (Å²) in [5.41, 5.74) is 1.83. The van der Waals surface area contributed by atoms with Crippen molar-refractivity contribution in [1.82, 2.24) is 4.98 Å².